The average molecular weight is 215 g/mol. The van der Waals surface area contributed by atoms with E-state index in [1.165, 1.54) is 12.1 Å². The molecule has 1 nitrogen and oxygen atoms in total. The molecule has 1 saturated heterocycles. The van der Waals surface area contributed by atoms with Gasteiger partial charge in [0.25, 0.3) is 6.43 Å². The van der Waals surface area contributed by atoms with Crippen molar-refractivity contribution in [2.24, 2.45) is 0 Å². The maximum absolute atomic E-state index is 12.9. The first-order valence-electron chi connectivity index (χ1n) is 4.91. The van der Waals surface area contributed by atoms with Gasteiger partial charge in [0.15, 0.2) is 6.17 Å². The van der Waals surface area contributed by atoms with Crippen LogP contribution in [0.2, 0.25) is 0 Å². The summed E-state index contributed by atoms with van der Waals surface area (Å²) in [6.07, 6.45) is -5.11. The molecule has 1 aromatic carbocycles. The summed E-state index contributed by atoms with van der Waals surface area (Å²) in [5, 5.41) is 3.12. The molecule has 15 heavy (non-hydrogen) atoms. The lowest BCUT2D eigenvalue weighted by Gasteiger charge is -2.27. The van der Waals surface area contributed by atoms with E-state index >= 15 is 0 Å². The van der Waals surface area contributed by atoms with Crippen LogP contribution in [0.1, 0.15) is 23.2 Å². The number of benzene rings is 1. The standard InChI is InChI=1S/C11H12F3N/c12-10(11(13)14)8-3-1-7(2-4-8)9-5-15-6-9/h1-4,9-11,15H,5-6H2. The fourth-order valence-electron chi connectivity index (χ4n) is 1.62. The molecule has 0 amide bonds. The summed E-state index contributed by atoms with van der Waals surface area (Å²) in [6, 6.07) is 6.36. The summed E-state index contributed by atoms with van der Waals surface area (Å²) in [6.45, 7) is 1.82. The van der Waals surface area contributed by atoms with Gasteiger partial charge in [0.1, 0.15) is 0 Å². The number of alkyl halides is 3. The van der Waals surface area contributed by atoms with Gasteiger partial charge in [-0.15, -0.1) is 0 Å². The van der Waals surface area contributed by atoms with Gasteiger partial charge in [-0.3, -0.25) is 0 Å². The molecule has 0 saturated carbocycles. The minimum Gasteiger partial charge on any atom is -0.315 e. The SMILES string of the molecule is FC(F)C(F)c1ccc(C2CNC2)cc1. The maximum Gasteiger partial charge on any atom is 0.273 e. The van der Waals surface area contributed by atoms with Gasteiger partial charge in [-0.1, -0.05) is 24.3 Å². The van der Waals surface area contributed by atoms with Crippen LogP contribution in [0.25, 0.3) is 0 Å². The fourth-order valence-corrected chi connectivity index (χ4v) is 1.62. The van der Waals surface area contributed by atoms with Crippen molar-refractivity contribution in [1.82, 2.24) is 5.32 Å². The maximum atomic E-state index is 12.9. The van der Waals surface area contributed by atoms with E-state index in [-0.39, 0.29) is 5.56 Å². The molecule has 1 atom stereocenters. The first kappa shape index (κ1) is 10.5. The predicted octanol–water partition coefficient (Wildman–Crippen LogP) is 2.65. The van der Waals surface area contributed by atoms with Gasteiger partial charge in [-0.05, 0) is 11.1 Å². The van der Waals surface area contributed by atoms with Crippen LogP contribution in [0.5, 0.6) is 0 Å². The number of halogens is 3. The van der Waals surface area contributed by atoms with Crippen molar-refractivity contribution in [3.63, 3.8) is 0 Å². The second-order valence-electron chi connectivity index (χ2n) is 3.76. The Morgan fingerprint density at radius 2 is 1.67 bits per heavy atom. The van der Waals surface area contributed by atoms with E-state index in [0.717, 1.165) is 18.7 Å². The van der Waals surface area contributed by atoms with E-state index in [1.807, 2.05) is 0 Å². The Kier molecular flexibility index (Phi) is 2.95. The summed E-state index contributed by atoms with van der Waals surface area (Å²) in [4.78, 5) is 0. The van der Waals surface area contributed by atoms with Crippen molar-refractivity contribution in [2.75, 3.05) is 13.1 Å². The fraction of sp³-hybridized carbons (Fsp3) is 0.455. The Balaban J connectivity index is 2.09. The molecular formula is C11H12F3N. The smallest absolute Gasteiger partial charge is 0.273 e. The van der Waals surface area contributed by atoms with Gasteiger partial charge in [-0.2, -0.15) is 0 Å². The molecule has 82 valence electrons. The van der Waals surface area contributed by atoms with Crippen molar-refractivity contribution < 1.29 is 13.2 Å². The molecule has 0 aromatic heterocycles. The van der Waals surface area contributed by atoms with Crippen molar-refractivity contribution in [2.45, 2.75) is 18.5 Å². The summed E-state index contributed by atoms with van der Waals surface area (Å²) in [5.74, 6) is 0.448. The quantitative estimate of drug-likeness (QED) is 0.817. The predicted molar refractivity (Wildman–Crippen MR) is 51.9 cm³/mol. The Labute approximate surface area is 86.3 Å². The Bertz CT molecular complexity index is 319. The van der Waals surface area contributed by atoms with Gasteiger partial charge < -0.3 is 5.32 Å². The minimum atomic E-state index is -2.94. The van der Waals surface area contributed by atoms with E-state index in [2.05, 4.69) is 5.32 Å². The van der Waals surface area contributed by atoms with E-state index in [0.29, 0.717) is 5.92 Å². The highest BCUT2D eigenvalue weighted by Gasteiger charge is 2.23. The van der Waals surface area contributed by atoms with Gasteiger partial charge in [-0.25, -0.2) is 13.2 Å². The highest BCUT2D eigenvalue weighted by atomic mass is 19.3. The summed E-state index contributed by atoms with van der Waals surface area (Å²) in [5.41, 5.74) is 1.14. The van der Waals surface area contributed by atoms with Crippen molar-refractivity contribution in [3.8, 4) is 0 Å². The molecule has 4 heteroatoms. The Hall–Kier alpha value is -1.03. The molecule has 0 spiro atoms. The van der Waals surface area contributed by atoms with E-state index in [1.54, 1.807) is 12.1 Å². The molecule has 0 bridgehead atoms. The van der Waals surface area contributed by atoms with Gasteiger partial charge in [0.2, 0.25) is 0 Å². The molecule has 1 aromatic rings. The molecule has 1 unspecified atom stereocenters. The van der Waals surface area contributed by atoms with Crippen LogP contribution in [0.15, 0.2) is 24.3 Å². The molecule has 0 radical (unpaired) electrons. The average Bonchev–Trinajstić information content (AvgIpc) is 2.15. The topological polar surface area (TPSA) is 12.0 Å². The third-order valence-electron chi connectivity index (χ3n) is 2.73. The van der Waals surface area contributed by atoms with Gasteiger partial charge in [0, 0.05) is 19.0 Å². The van der Waals surface area contributed by atoms with Crippen molar-refractivity contribution in [3.05, 3.63) is 35.4 Å². The zero-order valence-corrected chi connectivity index (χ0v) is 8.09. The number of nitrogens with one attached hydrogen (secondary N) is 1. The van der Waals surface area contributed by atoms with Crippen LogP contribution >= 0.6 is 0 Å². The molecule has 1 N–H and O–H groups in total. The number of hydrogen-bond donors (Lipinski definition) is 1. The lowest BCUT2D eigenvalue weighted by Crippen LogP contribution is -2.39. The highest BCUT2D eigenvalue weighted by Crippen LogP contribution is 2.27. The molecular weight excluding hydrogens is 203 g/mol. The second kappa shape index (κ2) is 4.23. The Morgan fingerprint density at radius 1 is 1.07 bits per heavy atom. The first-order valence-corrected chi connectivity index (χ1v) is 4.91. The Morgan fingerprint density at radius 3 is 2.07 bits per heavy atom. The molecule has 0 aliphatic carbocycles. The normalized spacial score (nSPS) is 18.9. The monoisotopic (exact) mass is 215 g/mol. The van der Waals surface area contributed by atoms with Crippen molar-refractivity contribution in [1.29, 1.82) is 0 Å². The van der Waals surface area contributed by atoms with Crippen LogP contribution in [0, 0.1) is 0 Å². The molecule has 1 heterocycles. The molecule has 1 aliphatic rings. The van der Waals surface area contributed by atoms with Gasteiger partial charge >= 0.3 is 0 Å². The molecule has 2 rings (SSSR count). The van der Waals surface area contributed by atoms with Crippen LogP contribution in [-0.4, -0.2) is 19.5 Å². The van der Waals surface area contributed by atoms with Crippen LogP contribution in [0.4, 0.5) is 13.2 Å². The third kappa shape index (κ3) is 2.15. The second-order valence-corrected chi connectivity index (χ2v) is 3.76. The highest BCUT2D eigenvalue weighted by molar-refractivity contribution is 5.28. The zero-order chi connectivity index (χ0) is 10.8. The van der Waals surface area contributed by atoms with Gasteiger partial charge in [0.05, 0.1) is 0 Å². The summed E-state index contributed by atoms with van der Waals surface area (Å²) < 4.78 is 37.1. The first-order chi connectivity index (χ1) is 7.18. The summed E-state index contributed by atoms with van der Waals surface area (Å²) in [7, 11) is 0. The van der Waals surface area contributed by atoms with Crippen LogP contribution in [-0.2, 0) is 0 Å². The third-order valence-corrected chi connectivity index (χ3v) is 2.73. The van der Waals surface area contributed by atoms with Crippen LogP contribution < -0.4 is 5.32 Å². The summed E-state index contributed by atoms with van der Waals surface area (Å²) >= 11 is 0. The van der Waals surface area contributed by atoms with Crippen LogP contribution in [0.3, 0.4) is 0 Å². The van der Waals surface area contributed by atoms with E-state index in [4.69, 9.17) is 0 Å². The molecule has 1 aliphatic heterocycles. The van der Waals surface area contributed by atoms with E-state index in [9.17, 15) is 13.2 Å². The number of rotatable bonds is 3. The zero-order valence-electron chi connectivity index (χ0n) is 8.09. The number of hydrogen-bond acceptors (Lipinski definition) is 1. The lowest BCUT2D eigenvalue weighted by atomic mass is 9.92. The minimum absolute atomic E-state index is 0.0565. The lowest BCUT2D eigenvalue weighted by molar-refractivity contribution is 0.0495. The van der Waals surface area contributed by atoms with Crippen molar-refractivity contribution >= 4 is 0 Å². The molecule has 1 fully saturated rings. The van der Waals surface area contributed by atoms with E-state index < -0.39 is 12.6 Å². The largest absolute Gasteiger partial charge is 0.315 e.